The zero-order chi connectivity index (χ0) is 15.9. The van der Waals surface area contributed by atoms with Crippen molar-refractivity contribution < 1.29 is 9.59 Å². The molecule has 1 aromatic carbocycles. The Morgan fingerprint density at radius 1 is 1.14 bits per heavy atom. The van der Waals surface area contributed by atoms with E-state index >= 15 is 0 Å². The van der Waals surface area contributed by atoms with E-state index in [4.69, 9.17) is 11.6 Å². The van der Waals surface area contributed by atoms with Gasteiger partial charge in [0.2, 0.25) is 0 Å². The minimum Gasteiger partial charge on any atom is -0.351 e. The van der Waals surface area contributed by atoms with Crippen LogP contribution in [0.5, 0.6) is 0 Å². The van der Waals surface area contributed by atoms with Crippen LogP contribution in [0.1, 0.15) is 31.8 Å². The maximum absolute atomic E-state index is 11.9. The molecule has 0 aliphatic heterocycles. The van der Waals surface area contributed by atoms with Crippen LogP contribution in [0.4, 0.5) is 0 Å². The number of ketones is 1. The predicted octanol–water partition coefficient (Wildman–Crippen LogP) is 4.27. The number of rotatable bonds is 7. The largest absolute Gasteiger partial charge is 0.351 e. The molecule has 1 aromatic heterocycles. The lowest BCUT2D eigenvalue weighted by Crippen LogP contribution is -2.24. The van der Waals surface area contributed by atoms with Gasteiger partial charge in [-0.2, -0.15) is 11.8 Å². The number of hydrogen-bond donors (Lipinski definition) is 1. The third-order valence-electron chi connectivity index (χ3n) is 2.89. The average molecular weight is 354 g/mol. The molecule has 0 spiro atoms. The summed E-state index contributed by atoms with van der Waals surface area (Å²) in [4.78, 5) is 24.3. The SMILES string of the molecule is CC(=O)c1ccc(C(=O)NCCSCc2ccc(Cl)cc2)s1. The molecule has 2 rings (SSSR count). The molecule has 0 atom stereocenters. The fourth-order valence-electron chi connectivity index (χ4n) is 1.74. The lowest BCUT2D eigenvalue weighted by Gasteiger charge is -2.04. The summed E-state index contributed by atoms with van der Waals surface area (Å²) in [5.74, 6) is 1.59. The van der Waals surface area contributed by atoms with Gasteiger partial charge in [0.05, 0.1) is 9.75 Å². The number of amides is 1. The third-order valence-corrected chi connectivity index (χ3v) is 5.36. The highest BCUT2D eigenvalue weighted by atomic mass is 35.5. The molecule has 3 nitrogen and oxygen atoms in total. The van der Waals surface area contributed by atoms with Crippen LogP contribution < -0.4 is 5.32 Å². The first-order chi connectivity index (χ1) is 10.6. The number of hydrogen-bond acceptors (Lipinski definition) is 4. The first-order valence-electron chi connectivity index (χ1n) is 6.77. The number of halogens is 1. The summed E-state index contributed by atoms with van der Waals surface area (Å²) < 4.78 is 0. The molecule has 116 valence electrons. The maximum Gasteiger partial charge on any atom is 0.261 e. The first kappa shape index (κ1) is 17.1. The van der Waals surface area contributed by atoms with Crippen molar-refractivity contribution >= 4 is 46.4 Å². The van der Waals surface area contributed by atoms with Gasteiger partial charge in [0.25, 0.3) is 5.91 Å². The van der Waals surface area contributed by atoms with E-state index in [0.717, 1.165) is 16.5 Å². The molecule has 1 heterocycles. The van der Waals surface area contributed by atoms with Crippen molar-refractivity contribution in [3.63, 3.8) is 0 Å². The first-order valence-corrected chi connectivity index (χ1v) is 9.12. The summed E-state index contributed by atoms with van der Waals surface area (Å²) in [5.41, 5.74) is 1.21. The van der Waals surface area contributed by atoms with E-state index in [2.05, 4.69) is 5.32 Å². The van der Waals surface area contributed by atoms with Gasteiger partial charge >= 0.3 is 0 Å². The Bertz CT molecular complexity index is 652. The lowest BCUT2D eigenvalue weighted by atomic mass is 10.2. The number of carbonyl (C=O) groups excluding carboxylic acids is 2. The van der Waals surface area contributed by atoms with E-state index in [1.54, 1.807) is 23.9 Å². The van der Waals surface area contributed by atoms with Gasteiger partial charge in [-0.3, -0.25) is 9.59 Å². The molecule has 1 amide bonds. The summed E-state index contributed by atoms with van der Waals surface area (Å²) >= 11 is 8.82. The average Bonchev–Trinajstić information content (AvgIpc) is 2.99. The molecule has 1 N–H and O–H groups in total. The molecule has 0 aliphatic carbocycles. The second kappa shape index (κ2) is 8.36. The van der Waals surface area contributed by atoms with E-state index in [9.17, 15) is 9.59 Å². The fourth-order valence-corrected chi connectivity index (χ4v) is 3.51. The number of thioether (sulfide) groups is 1. The van der Waals surface area contributed by atoms with Crippen molar-refractivity contribution in [1.82, 2.24) is 5.32 Å². The Kier molecular flexibility index (Phi) is 6.49. The van der Waals surface area contributed by atoms with Gasteiger partial charge in [0.1, 0.15) is 0 Å². The van der Waals surface area contributed by atoms with Crippen LogP contribution in [0.15, 0.2) is 36.4 Å². The van der Waals surface area contributed by atoms with Crippen LogP contribution in [0.2, 0.25) is 5.02 Å². The van der Waals surface area contributed by atoms with Gasteiger partial charge in [-0.1, -0.05) is 23.7 Å². The molecule has 2 aromatic rings. The number of nitrogens with one attached hydrogen (secondary N) is 1. The van der Waals surface area contributed by atoms with Gasteiger partial charge in [0.15, 0.2) is 5.78 Å². The second-order valence-electron chi connectivity index (χ2n) is 4.66. The van der Waals surface area contributed by atoms with Crippen molar-refractivity contribution in [2.75, 3.05) is 12.3 Å². The number of benzene rings is 1. The Morgan fingerprint density at radius 3 is 2.45 bits per heavy atom. The molecule has 0 unspecified atom stereocenters. The van der Waals surface area contributed by atoms with E-state index < -0.39 is 0 Å². The van der Waals surface area contributed by atoms with Crippen LogP contribution in [0.25, 0.3) is 0 Å². The number of thiophene rings is 1. The highest BCUT2D eigenvalue weighted by molar-refractivity contribution is 7.98. The Morgan fingerprint density at radius 2 is 1.82 bits per heavy atom. The quantitative estimate of drug-likeness (QED) is 0.597. The molecule has 0 fully saturated rings. The summed E-state index contributed by atoms with van der Waals surface area (Å²) in [6, 6.07) is 11.1. The molecular weight excluding hydrogens is 338 g/mol. The molecule has 0 saturated carbocycles. The minimum absolute atomic E-state index is 0.0115. The molecule has 0 saturated heterocycles. The summed E-state index contributed by atoms with van der Waals surface area (Å²) in [6.07, 6.45) is 0. The van der Waals surface area contributed by atoms with Crippen LogP contribution in [0.3, 0.4) is 0 Å². The molecule has 0 radical (unpaired) electrons. The van der Waals surface area contributed by atoms with Gasteiger partial charge in [-0.05, 0) is 36.8 Å². The molecular formula is C16H16ClNO2S2. The smallest absolute Gasteiger partial charge is 0.261 e. The Hall–Kier alpha value is -1.30. The predicted molar refractivity (Wildman–Crippen MR) is 94.3 cm³/mol. The van der Waals surface area contributed by atoms with Gasteiger partial charge in [0, 0.05) is 23.1 Å². The van der Waals surface area contributed by atoms with E-state index in [1.165, 1.54) is 23.8 Å². The van der Waals surface area contributed by atoms with Crippen LogP contribution in [-0.4, -0.2) is 24.0 Å². The van der Waals surface area contributed by atoms with E-state index in [-0.39, 0.29) is 11.7 Å². The van der Waals surface area contributed by atoms with Crippen molar-refractivity contribution in [3.8, 4) is 0 Å². The second-order valence-corrected chi connectivity index (χ2v) is 7.28. The highest BCUT2D eigenvalue weighted by Gasteiger charge is 2.10. The van der Waals surface area contributed by atoms with Crippen molar-refractivity contribution in [3.05, 3.63) is 56.7 Å². The zero-order valence-electron chi connectivity index (χ0n) is 12.1. The standard InChI is InChI=1S/C16H16ClNO2S2/c1-11(19)14-6-7-15(22-14)16(20)18-8-9-21-10-12-2-4-13(17)5-3-12/h2-7H,8-10H2,1H3,(H,18,20). The lowest BCUT2D eigenvalue weighted by molar-refractivity contribution is 0.0959. The fraction of sp³-hybridized carbons (Fsp3) is 0.250. The summed E-state index contributed by atoms with van der Waals surface area (Å²) in [5, 5.41) is 3.60. The highest BCUT2D eigenvalue weighted by Crippen LogP contribution is 2.17. The topological polar surface area (TPSA) is 46.2 Å². The van der Waals surface area contributed by atoms with E-state index in [0.29, 0.717) is 16.3 Å². The van der Waals surface area contributed by atoms with Crippen molar-refractivity contribution in [1.29, 1.82) is 0 Å². The van der Waals surface area contributed by atoms with Crippen LogP contribution in [-0.2, 0) is 5.75 Å². The van der Waals surface area contributed by atoms with Gasteiger partial charge in [-0.15, -0.1) is 11.3 Å². The normalized spacial score (nSPS) is 10.5. The number of carbonyl (C=O) groups is 2. The van der Waals surface area contributed by atoms with Crippen molar-refractivity contribution in [2.24, 2.45) is 0 Å². The van der Waals surface area contributed by atoms with E-state index in [1.807, 2.05) is 24.3 Å². The van der Waals surface area contributed by atoms with Crippen molar-refractivity contribution in [2.45, 2.75) is 12.7 Å². The molecule has 0 aliphatic rings. The monoisotopic (exact) mass is 353 g/mol. The van der Waals surface area contributed by atoms with Crippen LogP contribution in [0, 0.1) is 0 Å². The Balaban J connectivity index is 1.68. The summed E-state index contributed by atoms with van der Waals surface area (Å²) in [7, 11) is 0. The molecule has 6 heteroatoms. The molecule has 0 bridgehead atoms. The Labute approximate surface area is 143 Å². The van der Waals surface area contributed by atoms with Gasteiger partial charge < -0.3 is 5.32 Å². The van der Waals surface area contributed by atoms with Gasteiger partial charge in [-0.25, -0.2) is 0 Å². The third kappa shape index (κ3) is 5.16. The van der Waals surface area contributed by atoms with Crippen LogP contribution >= 0.6 is 34.7 Å². The zero-order valence-corrected chi connectivity index (χ0v) is 14.5. The number of Topliss-reactive ketones (excluding diaryl/α,β-unsaturated/α-hetero) is 1. The molecule has 22 heavy (non-hydrogen) atoms. The maximum atomic E-state index is 11.9. The summed E-state index contributed by atoms with van der Waals surface area (Å²) in [6.45, 7) is 2.10. The minimum atomic E-state index is -0.121.